The largest absolute Gasteiger partial charge is 0.366 e. The van der Waals surface area contributed by atoms with Crippen LogP contribution in [0.25, 0.3) is 22.0 Å². The van der Waals surface area contributed by atoms with Crippen molar-refractivity contribution in [3.63, 3.8) is 0 Å². The van der Waals surface area contributed by atoms with Gasteiger partial charge in [-0.3, -0.25) is 14.4 Å². The zero-order chi connectivity index (χ0) is 20.4. The van der Waals surface area contributed by atoms with E-state index in [-0.39, 0.29) is 17.9 Å². The minimum Gasteiger partial charge on any atom is -0.366 e. The maximum Gasteiger partial charge on any atom is 0.250 e. The summed E-state index contributed by atoms with van der Waals surface area (Å²) in [6.45, 7) is 0. The topological polar surface area (TPSA) is 117 Å². The van der Waals surface area contributed by atoms with Gasteiger partial charge in [-0.1, -0.05) is 18.2 Å². The minimum absolute atomic E-state index is 0.248. The highest BCUT2D eigenvalue weighted by Gasteiger charge is 2.22. The van der Waals surface area contributed by atoms with Crippen molar-refractivity contribution in [1.82, 2.24) is 10.3 Å². The first-order valence-corrected chi connectivity index (χ1v) is 9.31. The summed E-state index contributed by atoms with van der Waals surface area (Å²) in [6, 6.07) is 13.0. The second kappa shape index (κ2) is 7.63. The predicted molar refractivity (Wildman–Crippen MR) is 111 cm³/mol. The number of carbonyl (C=O) groups is 3. The molecule has 5 N–H and O–H groups in total. The lowest BCUT2D eigenvalue weighted by atomic mass is 9.98. The Hall–Kier alpha value is -3.87. The number of H-pyrrole nitrogens is 1. The molecule has 4 rings (SSSR count). The molecule has 1 heterocycles. The van der Waals surface area contributed by atoms with Gasteiger partial charge in [0.2, 0.25) is 11.8 Å². The van der Waals surface area contributed by atoms with Crippen molar-refractivity contribution >= 4 is 34.3 Å². The van der Waals surface area contributed by atoms with E-state index in [4.69, 9.17) is 5.73 Å². The summed E-state index contributed by atoms with van der Waals surface area (Å²) >= 11 is 0. The van der Waals surface area contributed by atoms with E-state index < -0.39 is 5.91 Å². The molecule has 0 bridgehead atoms. The number of aromatic nitrogens is 1. The highest BCUT2D eigenvalue weighted by Crippen LogP contribution is 2.31. The first kappa shape index (κ1) is 18.5. The average molecular weight is 388 g/mol. The molecule has 1 aliphatic carbocycles. The maximum atomic E-state index is 12.1. The van der Waals surface area contributed by atoms with Crippen molar-refractivity contribution in [1.29, 1.82) is 0 Å². The Morgan fingerprint density at radius 1 is 1.03 bits per heavy atom. The molecule has 2 aromatic carbocycles. The normalized spacial score (nSPS) is 13.5. The number of amides is 3. The van der Waals surface area contributed by atoms with Crippen molar-refractivity contribution in [2.45, 2.75) is 18.9 Å². The van der Waals surface area contributed by atoms with Crippen LogP contribution >= 0.6 is 0 Å². The molecule has 0 atom stereocenters. The number of aromatic amines is 1. The number of nitrogens with one attached hydrogen (secondary N) is 3. The summed E-state index contributed by atoms with van der Waals surface area (Å²) < 4.78 is 0. The van der Waals surface area contributed by atoms with Gasteiger partial charge >= 0.3 is 0 Å². The van der Waals surface area contributed by atoms with Crippen LogP contribution in [-0.4, -0.2) is 28.7 Å². The van der Waals surface area contributed by atoms with Gasteiger partial charge in [-0.25, -0.2) is 0 Å². The van der Waals surface area contributed by atoms with Crippen LogP contribution in [0.1, 0.15) is 23.2 Å². The third-order valence-corrected chi connectivity index (χ3v) is 4.74. The van der Waals surface area contributed by atoms with Crippen LogP contribution in [0.15, 0.2) is 60.8 Å². The second-order valence-corrected chi connectivity index (χ2v) is 6.98. The van der Waals surface area contributed by atoms with Crippen LogP contribution in [0.5, 0.6) is 0 Å². The van der Waals surface area contributed by atoms with E-state index >= 15 is 0 Å². The molecule has 0 unspecified atom stereocenters. The zero-order valence-electron chi connectivity index (χ0n) is 15.6. The number of fused-ring (bicyclic) bond motifs is 1. The molecule has 3 amide bonds. The molecule has 0 saturated heterocycles. The summed E-state index contributed by atoms with van der Waals surface area (Å²) in [5.41, 5.74) is 8.92. The van der Waals surface area contributed by atoms with Crippen LogP contribution in [-0.2, 0) is 9.59 Å². The van der Waals surface area contributed by atoms with Gasteiger partial charge in [-0.2, -0.15) is 0 Å². The van der Waals surface area contributed by atoms with Gasteiger partial charge < -0.3 is 21.4 Å². The predicted octanol–water partition coefficient (Wildman–Crippen LogP) is 2.71. The standard InChI is InChI=1S/C22H20N4O3/c23-22(29)18-7-6-16(17-10-11-24-21(17)18)13-2-1-3-15(12-13)26-20(28)9-8-19(27)25-14-4-5-14/h1-3,6-12,14,24H,4-5H2,(H2,23,29)(H,25,27)(H,26,28). The molecule has 0 aliphatic heterocycles. The minimum atomic E-state index is -0.498. The lowest BCUT2D eigenvalue weighted by Crippen LogP contribution is -2.23. The van der Waals surface area contributed by atoms with E-state index in [2.05, 4.69) is 15.6 Å². The third kappa shape index (κ3) is 4.19. The van der Waals surface area contributed by atoms with E-state index in [1.165, 1.54) is 12.2 Å². The van der Waals surface area contributed by atoms with Gasteiger partial charge in [0.1, 0.15) is 0 Å². The van der Waals surface area contributed by atoms with Crippen molar-refractivity contribution in [3.8, 4) is 11.1 Å². The van der Waals surface area contributed by atoms with E-state index in [0.29, 0.717) is 16.8 Å². The number of primary amides is 1. The summed E-state index contributed by atoms with van der Waals surface area (Å²) in [5, 5.41) is 6.41. The number of anilines is 1. The molecular weight excluding hydrogens is 368 g/mol. The highest BCUT2D eigenvalue weighted by molar-refractivity contribution is 6.09. The molecule has 1 aliphatic rings. The molecule has 29 heavy (non-hydrogen) atoms. The molecule has 3 aromatic rings. The lowest BCUT2D eigenvalue weighted by Gasteiger charge is -2.09. The van der Waals surface area contributed by atoms with E-state index in [1.807, 2.05) is 30.3 Å². The van der Waals surface area contributed by atoms with E-state index in [0.717, 1.165) is 29.4 Å². The SMILES string of the molecule is NC(=O)c1ccc(-c2cccc(NC(=O)C=CC(=O)NC3CC3)c2)c2cc[nH]c12. The van der Waals surface area contributed by atoms with Crippen molar-refractivity contribution < 1.29 is 14.4 Å². The van der Waals surface area contributed by atoms with Crippen LogP contribution in [0.2, 0.25) is 0 Å². The summed E-state index contributed by atoms with van der Waals surface area (Å²) in [4.78, 5) is 38.5. The molecule has 0 spiro atoms. The van der Waals surface area contributed by atoms with Crippen molar-refractivity contribution in [2.75, 3.05) is 5.32 Å². The van der Waals surface area contributed by atoms with Crippen LogP contribution in [0.3, 0.4) is 0 Å². The Bertz CT molecular complexity index is 1140. The second-order valence-electron chi connectivity index (χ2n) is 6.98. The molecule has 7 nitrogen and oxygen atoms in total. The third-order valence-electron chi connectivity index (χ3n) is 4.74. The van der Waals surface area contributed by atoms with E-state index in [1.54, 1.807) is 18.3 Å². The first-order valence-electron chi connectivity index (χ1n) is 9.31. The molecular formula is C22H20N4O3. The first-order chi connectivity index (χ1) is 14.0. The summed E-state index contributed by atoms with van der Waals surface area (Å²) in [5.74, 6) is -1.15. The maximum absolute atomic E-state index is 12.1. The highest BCUT2D eigenvalue weighted by atomic mass is 16.2. The molecule has 1 aromatic heterocycles. The fourth-order valence-corrected chi connectivity index (χ4v) is 3.19. The number of benzene rings is 2. The average Bonchev–Trinajstić information content (AvgIpc) is 3.37. The Kier molecular flexibility index (Phi) is 4.87. The molecule has 7 heteroatoms. The van der Waals surface area contributed by atoms with Gasteiger partial charge in [-0.15, -0.1) is 0 Å². The Morgan fingerprint density at radius 2 is 1.83 bits per heavy atom. The van der Waals surface area contributed by atoms with Crippen LogP contribution in [0, 0.1) is 0 Å². The van der Waals surface area contributed by atoms with Gasteiger partial charge in [0.15, 0.2) is 0 Å². The zero-order valence-corrected chi connectivity index (χ0v) is 15.6. The summed E-state index contributed by atoms with van der Waals surface area (Å²) in [6.07, 6.45) is 6.20. The fraction of sp³-hybridized carbons (Fsp3) is 0.136. The van der Waals surface area contributed by atoms with Crippen LogP contribution < -0.4 is 16.4 Å². The fourth-order valence-electron chi connectivity index (χ4n) is 3.19. The molecule has 146 valence electrons. The van der Waals surface area contributed by atoms with Crippen LogP contribution in [0.4, 0.5) is 5.69 Å². The number of carbonyl (C=O) groups excluding carboxylic acids is 3. The number of hydrogen-bond acceptors (Lipinski definition) is 3. The Morgan fingerprint density at radius 3 is 2.59 bits per heavy atom. The Balaban J connectivity index is 1.54. The van der Waals surface area contributed by atoms with Gasteiger partial charge in [0, 0.05) is 35.5 Å². The van der Waals surface area contributed by atoms with Gasteiger partial charge in [0.25, 0.3) is 5.91 Å². The monoisotopic (exact) mass is 388 g/mol. The molecule has 1 fully saturated rings. The van der Waals surface area contributed by atoms with E-state index in [9.17, 15) is 14.4 Å². The number of rotatable bonds is 6. The molecule has 1 saturated carbocycles. The van der Waals surface area contributed by atoms with Crippen molar-refractivity contribution in [2.24, 2.45) is 5.73 Å². The van der Waals surface area contributed by atoms with Gasteiger partial charge in [-0.05, 0) is 48.2 Å². The van der Waals surface area contributed by atoms with Crippen molar-refractivity contribution in [3.05, 3.63) is 66.4 Å². The quantitative estimate of drug-likeness (QED) is 0.486. The smallest absolute Gasteiger partial charge is 0.250 e. The van der Waals surface area contributed by atoms with Gasteiger partial charge in [0.05, 0.1) is 11.1 Å². The summed E-state index contributed by atoms with van der Waals surface area (Å²) in [7, 11) is 0. The molecule has 0 radical (unpaired) electrons. The lowest BCUT2D eigenvalue weighted by molar-refractivity contribution is -0.117. The number of hydrogen-bond donors (Lipinski definition) is 4. The number of nitrogens with two attached hydrogens (primary N) is 1. The Labute approximate surface area is 167 Å².